The molecule has 0 aliphatic heterocycles. The van der Waals surface area contributed by atoms with E-state index in [1.54, 1.807) is 0 Å². The van der Waals surface area contributed by atoms with E-state index in [9.17, 15) is 0 Å². The van der Waals surface area contributed by atoms with Crippen molar-refractivity contribution in [3.05, 3.63) is 47.4 Å². The molecule has 0 radical (unpaired) electrons. The number of fused-ring (bicyclic) bond motifs is 1. The van der Waals surface area contributed by atoms with Crippen LogP contribution >= 0.6 is 11.6 Å². The number of rotatable bonds is 8. The average molecular weight is 362 g/mol. The highest BCUT2D eigenvalue weighted by molar-refractivity contribution is 6.30. The molecule has 1 aromatic carbocycles. The van der Waals surface area contributed by atoms with Crippen LogP contribution in [-0.4, -0.2) is 56.4 Å². The van der Waals surface area contributed by atoms with Crippen LogP contribution in [0.5, 0.6) is 0 Å². The molecule has 0 fully saturated rings. The molecular formula is C17H20ClN5O2. The Labute approximate surface area is 150 Å². The summed E-state index contributed by atoms with van der Waals surface area (Å²) in [7, 11) is 0. The Kier molecular flexibility index (Phi) is 5.83. The first-order valence-electron chi connectivity index (χ1n) is 7.99. The Morgan fingerprint density at radius 1 is 1.12 bits per heavy atom. The molecule has 3 rings (SSSR count). The van der Waals surface area contributed by atoms with Crippen LogP contribution in [0, 0.1) is 0 Å². The normalized spacial score (nSPS) is 11.4. The number of aliphatic hydroxyl groups is 2. The van der Waals surface area contributed by atoms with E-state index < -0.39 is 0 Å². The molecule has 2 heterocycles. The van der Waals surface area contributed by atoms with Crippen molar-refractivity contribution < 1.29 is 10.2 Å². The summed E-state index contributed by atoms with van der Waals surface area (Å²) in [6, 6.07) is 9.40. The van der Waals surface area contributed by atoms with Crippen molar-refractivity contribution in [2.45, 2.75) is 6.54 Å². The van der Waals surface area contributed by atoms with Crippen LogP contribution in [-0.2, 0) is 6.54 Å². The summed E-state index contributed by atoms with van der Waals surface area (Å²) in [5, 5.41) is 23.0. The van der Waals surface area contributed by atoms with Crippen LogP contribution in [0.3, 0.4) is 0 Å². The number of hydrogen-bond donors (Lipinski definition) is 4. The number of halogens is 1. The fourth-order valence-electron chi connectivity index (χ4n) is 2.68. The van der Waals surface area contributed by atoms with E-state index in [-0.39, 0.29) is 13.2 Å². The molecule has 8 heteroatoms. The second-order valence-electron chi connectivity index (χ2n) is 5.64. The lowest BCUT2D eigenvalue weighted by Crippen LogP contribution is -2.29. The molecule has 3 aromatic rings. The van der Waals surface area contributed by atoms with Crippen LogP contribution in [0.25, 0.3) is 11.0 Å². The van der Waals surface area contributed by atoms with Gasteiger partial charge in [-0.05, 0) is 24.3 Å². The number of anilines is 2. The maximum absolute atomic E-state index is 9.14. The SMILES string of the molecule is OCCN(CCO)Cc1cc2c(Nc3cccc(Cl)c3)ncnc2[nH]1. The molecule has 0 amide bonds. The van der Waals surface area contributed by atoms with Gasteiger partial charge >= 0.3 is 0 Å². The third-order valence-corrected chi connectivity index (χ3v) is 4.03. The summed E-state index contributed by atoms with van der Waals surface area (Å²) in [5.41, 5.74) is 2.51. The molecule has 4 N–H and O–H groups in total. The summed E-state index contributed by atoms with van der Waals surface area (Å²) in [6.45, 7) is 1.65. The summed E-state index contributed by atoms with van der Waals surface area (Å²) in [5.74, 6) is 0.686. The predicted molar refractivity (Wildman–Crippen MR) is 98.1 cm³/mol. The minimum absolute atomic E-state index is 0.0433. The van der Waals surface area contributed by atoms with E-state index in [2.05, 4.69) is 20.3 Å². The van der Waals surface area contributed by atoms with Crippen molar-refractivity contribution in [1.82, 2.24) is 19.9 Å². The lowest BCUT2D eigenvalue weighted by molar-refractivity contribution is 0.155. The number of hydrogen-bond acceptors (Lipinski definition) is 6. The number of H-pyrrole nitrogens is 1. The number of aliphatic hydroxyl groups excluding tert-OH is 2. The molecule has 2 aromatic heterocycles. The Balaban J connectivity index is 1.85. The Morgan fingerprint density at radius 3 is 2.64 bits per heavy atom. The molecule has 0 spiro atoms. The molecule has 0 saturated carbocycles. The van der Waals surface area contributed by atoms with E-state index >= 15 is 0 Å². The zero-order valence-electron chi connectivity index (χ0n) is 13.6. The number of nitrogens with zero attached hydrogens (tertiary/aromatic N) is 3. The van der Waals surface area contributed by atoms with E-state index in [4.69, 9.17) is 21.8 Å². The molecule has 0 atom stereocenters. The average Bonchev–Trinajstić information content (AvgIpc) is 2.99. The zero-order chi connectivity index (χ0) is 17.6. The standard InChI is InChI=1S/C17H20ClN5O2/c18-12-2-1-3-13(8-12)21-16-15-9-14(22-17(15)20-11-19-16)10-23(4-6-24)5-7-25/h1-3,8-9,11,24-25H,4-7,10H2,(H2,19,20,21,22). The molecule has 132 valence electrons. The van der Waals surface area contributed by atoms with Gasteiger partial charge in [0.25, 0.3) is 0 Å². The number of aromatic amines is 1. The van der Waals surface area contributed by atoms with Gasteiger partial charge in [0.2, 0.25) is 0 Å². The first-order chi connectivity index (χ1) is 12.2. The van der Waals surface area contributed by atoms with Gasteiger partial charge in [0.15, 0.2) is 0 Å². The van der Waals surface area contributed by atoms with Crippen LogP contribution in [0.15, 0.2) is 36.7 Å². The van der Waals surface area contributed by atoms with Gasteiger partial charge in [-0.3, -0.25) is 4.90 Å². The third kappa shape index (κ3) is 4.46. The molecule has 7 nitrogen and oxygen atoms in total. The maximum atomic E-state index is 9.14. The first-order valence-corrected chi connectivity index (χ1v) is 8.36. The Bertz CT molecular complexity index is 833. The third-order valence-electron chi connectivity index (χ3n) is 3.80. The van der Waals surface area contributed by atoms with Gasteiger partial charge in [-0.15, -0.1) is 0 Å². The smallest absolute Gasteiger partial charge is 0.143 e. The highest BCUT2D eigenvalue weighted by atomic mass is 35.5. The first kappa shape index (κ1) is 17.6. The van der Waals surface area contributed by atoms with Crippen LogP contribution in [0.1, 0.15) is 5.69 Å². The van der Waals surface area contributed by atoms with E-state index in [0.717, 1.165) is 22.4 Å². The minimum Gasteiger partial charge on any atom is -0.395 e. The topological polar surface area (TPSA) is 97.3 Å². The maximum Gasteiger partial charge on any atom is 0.143 e. The van der Waals surface area contributed by atoms with Crippen molar-refractivity contribution >= 4 is 34.1 Å². The molecular weight excluding hydrogens is 342 g/mol. The van der Waals surface area contributed by atoms with Gasteiger partial charge in [-0.1, -0.05) is 17.7 Å². The summed E-state index contributed by atoms with van der Waals surface area (Å²) in [6.07, 6.45) is 1.49. The Morgan fingerprint density at radius 2 is 1.92 bits per heavy atom. The lowest BCUT2D eigenvalue weighted by Gasteiger charge is -2.18. The molecule has 0 unspecified atom stereocenters. The van der Waals surface area contributed by atoms with Gasteiger partial charge in [-0.25, -0.2) is 9.97 Å². The molecule has 25 heavy (non-hydrogen) atoms. The van der Waals surface area contributed by atoms with Crippen LogP contribution in [0.4, 0.5) is 11.5 Å². The number of aromatic nitrogens is 3. The van der Waals surface area contributed by atoms with E-state index in [1.165, 1.54) is 6.33 Å². The minimum atomic E-state index is 0.0433. The van der Waals surface area contributed by atoms with Gasteiger partial charge in [0.1, 0.15) is 17.8 Å². The van der Waals surface area contributed by atoms with Crippen molar-refractivity contribution in [2.75, 3.05) is 31.6 Å². The number of nitrogens with one attached hydrogen (secondary N) is 2. The quantitative estimate of drug-likeness (QED) is 0.491. The van der Waals surface area contributed by atoms with Gasteiger partial charge in [0, 0.05) is 36.0 Å². The van der Waals surface area contributed by atoms with Crippen LogP contribution < -0.4 is 5.32 Å². The monoisotopic (exact) mass is 361 g/mol. The summed E-state index contributed by atoms with van der Waals surface area (Å²) < 4.78 is 0. The molecule has 0 aliphatic carbocycles. The predicted octanol–water partition coefficient (Wildman–Crippen LogP) is 2.14. The van der Waals surface area contributed by atoms with Crippen molar-refractivity contribution in [1.29, 1.82) is 0 Å². The van der Waals surface area contributed by atoms with Crippen molar-refractivity contribution in [3.63, 3.8) is 0 Å². The zero-order valence-corrected chi connectivity index (χ0v) is 14.4. The van der Waals surface area contributed by atoms with Gasteiger partial charge in [-0.2, -0.15) is 0 Å². The van der Waals surface area contributed by atoms with E-state index in [0.29, 0.717) is 30.5 Å². The molecule has 0 saturated heterocycles. The van der Waals surface area contributed by atoms with Gasteiger partial charge < -0.3 is 20.5 Å². The number of benzene rings is 1. The fraction of sp³-hybridized carbons (Fsp3) is 0.294. The molecule has 0 bridgehead atoms. The largest absolute Gasteiger partial charge is 0.395 e. The second-order valence-corrected chi connectivity index (χ2v) is 6.07. The highest BCUT2D eigenvalue weighted by Gasteiger charge is 2.11. The van der Waals surface area contributed by atoms with Crippen molar-refractivity contribution in [2.24, 2.45) is 0 Å². The Hall–Kier alpha value is -2.19. The summed E-state index contributed by atoms with van der Waals surface area (Å²) in [4.78, 5) is 13.8. The summed E-state index contributed by atoms with van der Waals surface area (Å²) >= 11 is 6.02. The second kappa shape index (κ2) is 8.26. The molecule has 0 aliphatic rings. The van der Waals surface area contributed by atoms with Gasteiger partial charge in [0.05, 0.1) is 18.6 Å². The van der Waals surface area contributed by atoms with E-state index in [1.807, 2.05) is 35.2 Å². The van der Waals surface area contributed by atoms with Crippen molar-refractivity contribution in [3.8, 4) is 0 Å². The fourth-order valence-corrected chi connectivity index (χ4v) is 2.87. The highest BCUT2D eigenvalue weighted by Crippen LogP contribution is 2.25. The van der Waals surface area contributed by atoms with Crippen LogP contribution in [0.2, 0.25) is 5.02 Å². The lowest BCUT2D eigenvalue weighted by atomic mass is 10.3.